The molecule has 3 nitrogen and oxygen atoms in total. The van der Waals surface area contributed by atoms with E-state index in [2.05, 4.69) is 22.1 Å². The van der Waals surface area contributed by atoms with Crippen LogP contribution >= 0.6 is 0 Å². The number of carbonyl (C=O) groups excluding carboxylic acids is 1. The fraction of sp³-hybridized carbons (Fsp3) is 0.333. The van der Waals surface area contributed by atoms with Crippen molar-refractivity contribution in [3.63, 3.8) is 0 Å². The average molecular weight is 202 g/mol. The van der Waals surface area contributed by atoms with Crippen LogP contribution in [0.3, 0.4) is 0 Å². The third-order valence-electron chi connectivity index (χ3n) is 1.73. The normalized spacial score (nSPS) is 8.93. The summed E-state index contributed by atoms with van der Waals surface area (Å²) < 4.78 is 0. The third kappa shape index (κ3) is 4.82. The van der Waals surface area contributed by atoms with Gasteiger partial charge in [0, 0.05) is 37.8 Å². The van der Waals surface area contributed by atoms with Crippen LogP contribution in [0.15, 0.2) is 18.5 Å². The van der Waals surface area contributed by atoms with Gasteiger partial charge in [0.1, 0.15) is 0 Å². The number of hydrogen-bond donors (Lipinski definition) is 1. The minimum atomic E-state index is -0.0194. The first-order chi connectivity index (χ1) is 7.18. The predicted molar refractivity (Wildman–Crippen MR) is 59.2 cm³/mol. The Balaban J connectivity index is 2.41. The van der Waals surface area contributed by atoms with Gasteiger partial charge in [-0.15, -0.1) is 0 Å². The van der Waals surface area contributed by atoms with Crippen molar-refractivity contribution in [3.8, 4) is 11.8 Å². The lowest BCUT2D eigenvalue weighted by atomic mass is 10.2. The number of aryl methyl sites for hydroxylation is 1. The molecule has 0 aliphatic rings. The number of pyridine rings is 1. The molecule has 1 aromatic heterocycles. The van der Waals surface area contributed by atoms with Crippen LogP contribution in [0, 0.1) is 18.8 Å². The van der Waals surface area contributed by atoms with Crippen molar-refractivity contribution in [1.29, 1.82) is 0 Å². The first-order valence-electron chi connectivity index (χ1n) is 4.83. The molecular formula is C12H14N2O. The van der Waals surface area contributed by atoms with E-state index in [0.29, 0.717) is 13.0 Å². The van der Waals surface area contributed by atoms with Crippen molar-refractivity contribution in [1.82, 2.24) is 10.3 Å². The molecule has 0 saturated heterocycles. The Morgan fingerprint density at radius 3 is 3.00 bits per heavy atom. The first kappa shape index (κ1) is 11.3. The summed E-state index contributed by atoms with van der Waals surface area (Å²) in [5.41, 5.74) is 2.02. The number of carbonyl (C=O) groups is 1. The minimum absolute atomic E-state index is 0.0194. The highest BCUT2D eigenvalue weighted by Crippen LogP contribution is 1.98. The monoisotopic (exact) mass is 202 g/mol. The van der Waals surface area contributed by atoms with Crippen LogP contribution in [0.25, 0.3) is 0 Å². The number of nitrogens with zero attached hydrogens (tertiary/aromatic N) is 1. The second-order valence-corrected chi connectivity index (χ2v) is 3.29. The van der Waals surface area contributed by atoms with Crippen molar-refractivity contribution in [3.05, 3.63) is 29.6 Å². The zero-order valence-corrected chi connectivity index (χ0v) is 9.00. The van der Waals surface area contributed by atoms with Gasteiger partial charge in [-0.2, -0.15) is 0 Å². The number of amides is 1. The van der Waals surface area contributed by atoms with Crippen LogP contribution < -0.4 is 5.32 Å². The van der Waals surface area contributed by atoms with Gasteiger partial charge in [0.15, 0.2) is 0 Å². The van der Waals surface area contributed by atoms with Gasteiger partial charge in [-0.25, -0.2) is 0 Å². The fourth-order valence-corrected chi connectivity index (χ4v) is 1.09. The third-order valence-corrected chi connectivity index (χ3v) is 1.73. The molecule has 0 bridgehead atoms. The average Bonchev–Trinajstić information content (AvgIpc) is 2.17. The molecule has 1 N–H and O–H groups in total. The van der Waals surface area contributed by atoms with Gasteiger partial charge in [0.05, 0.1) is 0 Å². The van der Waals surface area contributed by atoms with E-state index in [9.17, 15) is 4.79 Å². The molecule has 1 rings (SSSR count). The molecule has 1 amide bonds. The van der Waals surface area contributed by atoms with E-state index in [1.54, 1.807) is 12.4 Å². The molecule has 1 aromatic rings. The van der Waals surface area contributed by atoms with Crippen LogP contribution in [0.2, 0.25) is 0 Å². The lowest BCUT2D eigenvalue weighted by Crippen LogP contribution is -2.20. The Morgan fingerprint density at radius 2 is 2.33 bits per heavy atom. The summed E-state index contributed by atoms with van der Waals surface area (Å²) in [5, 5.41) is 2.69. The summed E-state index contributed by atoms with van der Waals surface area (Å²) in [4.78, 5) is 14.6. The van der Waals surface area contributed by atoms with Gasteiger partial charge in [0.25, 0.3) is 0 Å². The molecule has 3 heteroatoms. The zero-order chi connectivity index (χ0) is 11.1. The molecule has 15 heavy (non-hydrogen) atoms. The minimum Gasteiger partial charge on any atom is -0.355 e. The fourth-order valence-electron chi connectivity index (χ4n) is 1.09. The van der Waals surface area contributed by atoms with Gasteiger partial charge in [-0.1, -0.05) is 11.8 Å². The molecule has 1 heterocycles. The molecule has 0 spiro atoms. The second-order valence-electron chi connectivity index (χ2n) is 3.29. The molecule has 0 aliphatic carbocycles. The molecule has 0 aromatic carbocycles. The molecule has 0 radical (unpaired) electrons. The highest BCUT2D eigenvalue weighted by atomic mass is 16.1. The molecular weight excluding hydrogens is 188 g/mol. The summed E-state index contributed by atoms with van der Waals surface area (Å²) in [7, 11) is 0. The summed E-state index contributed by atoms with van der Waals surface area (Å²) >= 11 is 0. The number of aromatic nitrogens is 1. The van der Waals surface area contributed by atoms with Gasteiger partial charge in [-0.3, -0.25) is 9.78 Å². The van der Waals surface area contributed by atoms with E-state index in [-0.39, 0.29) is 5.91 Å². The van der Waals surface area contributed by atoms with E-state index >= 15 is 0 Å². The standard InChI is InChI=1S/C12H14N2O/c1-10-7-12(9-13-8-10)5-3-4-6-14-11(2)15/h7-9H,4,6H2,1-2H3,(H,14,15). The van der Waals surface area contributed by atoms with Crippen LogP contribution in [0.1, 0.15) is 24.5 Å². The smallest absolute Gasteiger partial charge is 0.216 e. The van der Waals surface area contributed by atoms with Crippen molar-refractivity contribution >= 4 is 5.91 Å². The van der Waals surface area contributed by atoms with Crippen LogP contribution in [0.4, 0.5) is 0 Å². The molecule has 0 fully saturated rings. The summed E-state index contributed by atoms with van der Waals surface area (Å²) in [5.74, 6) is 5.96. The first-order valence-corrected chi connectivity index (χ1v) is 4.83. The number of nitrogens with one attached hydrogen (secondary N) is 1. The van der Waals surface area contributed by atoms with Gasteiger partial charge in [0.2, 0.25) is 5.91 Å². The molecule has 0 unspecified atom stereocenters. The Bertz CT molecular complexity index is 402. The molecule has 78 valence electrons. The van der Waals surface area contributed by atoms with E-state index in [4.69, 9.17) is 0 Å². The highest BCUT2D eigenvalue weighted by molar-refractivity contribution is 5.72. The Hall–Kier alpha value is -1.82. The van der Waals surface area contributed by atoms with Crippen LogP contribution in [0.5, 0.6) is 0 Å². The number of rotatable bonds is 2. The quantitative estimate of drug-likeness (QED) is 0.579. The summed E-state index contributed by atoms with van der Waals surface area (Å²) in [6, 6.07) is 1.98. The van der Waals surface area contributed by atoms with E-state index < -0.39 is 0 Å². The topological polar surface area (TPSA) is 42.0 Å². The number of hydrogen-bond acceptors (Lipinski definition) is 2. The largest absolute Gasteiger partial charge is 0.355 e. The van der Waals surface area contributed by atoms with Crippen molar-refractivity contribution in [2.45, 2.75) is 20.3 Å². The molecule has 0 saturated carbocycles. The maximum Gasteiger partial charge on any atom is 0.216 e. The van der Waals surface area contributed by atoms with E-state index in [1.165, 1.54) is 6.92 Å². The zero-order valence-electron chi connectivity index (χ0n) is 9.00. The maximum atomic E-state index is 10.6. The van der Waals surface area contributed by atoms with Crippen molar-refractivity contribution < 1.29 is 4.79 Å². The summed E-state index contributed by atoms with van der Waals surface area (Å²) in [6.07, 6.45) is 4.19. The maximum absolute atomic E-state index is 10.6. The Labute approximate surface area is 89.9 Å². The Kier molecular flexibility index (Phi) is 4.36. The van der Waals surface area contributed by atoms with Gasteiger partial charge < -0.3 is 5.32 Å². The SMILES string of the molecule is CC(=O)NCCC#Cc1cncc(C)c1. The van der Waals surface area contributed by atoms with Crippen LogP contribution in [-0.4, -0.2) is 17.4 Å². The summed E-state index contributed by atoms with van der Waals surface area (Å²) in [6.45, 7) is 4.08. The molecule has 0 aliphatic heterocycles. The lowest BCUT2D eigenvalue weighted by Gasteiger charge is -1.95. The van der Waals surface area contributed by atoms with Crippen LogP contribution in [-0.2, 0) is 4.79 Å². The highest BCUT2D eigenvalue weighted by Gasteiger charge is 1.88. The second kappa shape index (κ2) is 5.82. The predicted octanol–water partition coefficient (Wildman–Crippen LogP) is 1.27. The van der Waals surface area contributed by atoms with Gasteiger partial charge in [-0.05, 0) is 18.6 Å². The van der Waals surface area contributed by atoms with E-state index in [1.807, 2.05) is 13.0 Å². The van der Waals surface area contributed by atoms with Crippen molar-refractivity contribution in [2.24, 2.45) is 0 Å². The Morgan fingerprint density at radius 1 is 1.53 bits per heavy atom. The lowest BCUT2D eigenvalue weighted by molar-refractivity contribution is -0.118. The van der Waals surface area contributed by atoms with Gasteiger partial charge >= 0.3 is 0 Å². The van der Waals surface area contributed by atoms with E-state index in [0.717, 1.165) is 11.1 Å². The van der Waals surface area contributed by atoms with Crippen molar-refractivity contribution in [2.75, 3.05) is 6.54 Å². The molecule has 0 atom stereocenters.